The summed E-state index contributed by atoms with van der Waals surface area (Å²) in [6.45, 7) is 0.708. The van der Waals surface area contributed by atoms with Gasteiger partial charge in [-0.3, -0.25) is 4.79 Å². The van der Waals surface area contributed by atoms with E-state index in [1.165, 1.54) is 12.8 Å². The minimum Gasteiger partial charge on any atom is -0.480 e. The number of nitrogens with one attached hydrogen (secondary N) is 1. The fourth-order valence-electron chi connectivity index (χ4n) is 1.67. The first-order chi connectivity index (χ1) is 8.08. The first kappa shape index (κ1) is 12.7. The lowest BCUT2D eigenvalue weighted by molar-refractivity contribution is -0.139. The molecule has 0 aliphatic heterocycles. The summed E-state index contributed by atoms with van der Waals surface area (Å²) in [5.74, 6) is -0.329. The van der Waals surface area contributed by atoms with E-state index >= 15 is 0 Å². The average molecular weight is 274 g/mol. The van der Waals surface area contributed by atoms with Crippen LogP contribution in [0.4, 0.5) is 0 Å². The Morgan fingerprint density at radius 2 is 2.18 bits per heavy atom. The monoisotopic (exact) mass is 273 g/mol. The zero-order chi connectivity index (χ0) is 12.4. The molecule has 17 heavy (non-hydrogen) atoms. The fraction of sp³-hybridized carbons (Fsp3) is 0.417. The van der Waals surface area contributed by atoms with Crippen molar-refractivity contribution in [3.63, 3.8) is 0 Å². The van der Waals surface area contributed by atoms with Crippen molar-refractivity contribution in [3.05, 3.63) is 33.8 Å². The number of aliphatic carboxylic acids is 1. The van der Waals surface area contributed by atoms with Crippen LogP contribution in [0.3, 0.4) is 0 Å². The van der Waals surface area contributed by atoms with Crippen molar-refractivity contribution >= 4 is 29.2 Å². The lowest BCUT2D eigenvalue weighted by Gasteiger charge is -2.16. The summed E-state index contributed by atoms with van der Waals surface area (Å²) < 4.78 is 0. The van der Waals surface area contributed by atoms with E-state index in [2.05, 4.69) is 5.32 Å². The van der Waals surface area contributed by atoms with Crippen LogP contribution in [0.25, 0.3) is 0 Å². The van der Waals surface area contributed by atoms with Crippen LogP contribution >= 0.6 is 23.2 Å². The van der Waals surface area contributed by atoms with E-state index in [1.54, 1.807) is 18.2 Å². The molecule has 1 aliphatic carbocycles. The van der Waals surface area contributed by atoms with Gasteiger partial charge in [0, 0.05) is 15.6 Å². The molecule has 0 saturated heterocycles. The number of hydrogen-bond donors (Lipinski definition) is 2. The van der Waals surface area contributed by atoms with Crippen molar-refractivity contribution in [1.29, 1.82) is 0 Å². The Balaban J connectivity index is 2.17. The van der Waals surface area contributed by atoms with Gasteiger partial charge in [-0.05, 0) is 43.5 Å². The van der Waals surface area contributed by atoms with Crippen LogP contribution in [-0.2, 0) is 4.79 Å². The largest absolute Gasteiger partial charge is 0.480 e. The molecule has 0 aromatic heterocycles. The molecule has 1 aromatic rings. The minimum atomic E-state index is -0.935. The molecule has 0 spiro atoms. The molecule has 3 nitrogen and oxygen atoms in total. The third kappa shape index (κ3) is 3.35. The highest BCUT2D eigenvalue weighted by Gasteiger charge is 2.27. The Kier molecular flexibility index (Phi) is 3.92. The van der Waals surface area contributed by atoms with E-state index in [-0.39, 0.29) is 0 Å². The van der Waals surface area contributed by atoms with Crippen LogP contribution in [0.1, 0.15) is 24.4 Å². The number of hydrogen-bond acceptors (Lipinski definition) is 2. The Morgan fingerprint density at radius 3 is 2.76 bits per heavy atom. The highest BCUT2D eigenvalue weighted by Crippen LogP contribution is 2.30. The number of carboxylic acids is 1. The molecule has 0 amide bonds. The molecule has 1 unspecified atom stereocenters. The van der Waals surface area contributed by atoms with Crippen molar-refractivity contribution in [1.82, 2.24) is 5.32 Å². The summed E-state index contributed by atoms with van der Waals surface area (Å²) in [4.78, 5) is 11.2. The van der Waals surface area contributed by atoms with Gasteiger partial charge in [0.05, 0.1) is 0 Å². The molecular formula is C12H13Cl2NO2. The fourth-order valence-corrected chi connectivity index (χ4v) is 2.08. The molecule has 0 bridgehead atoms. The summed E-state index contributed by atoms with van der Waals surface area (Å²) in [5.41, 5.74) is 0.521. The molecule has 92 valence electrons. The highest BCUT2D eigenvalue weighted by atomic mass is 35.5. The number of benzene rings is 1. The topological polar surface area (TPSA) is 49.3 Å². The molecule has 1 fully saturated rings. The summed E-state index contributed by atoms with van der Waals surface area (Å²) in [6, 6.07) is 4.07. The van der Waals surface area contributed by atoms with Gasteiger partial charge in [-0.1, -0.05) is 23.2 Å². The predicted octanol–water partition coefficient (Wildman–Crippen LogP) is 3.12. The van der Waals surface area contributed by atoms with E-state index in [0.29, 0.717) is 28.1 Å². The van der Waals surface area contributed by atoms with Crippen LogP contribution in [0, 0.1) is 5.92 Å². The lowest BCUT2D eigenvalue weighted by atomic mass is 10.1. The van der Waals surface area contributed by atoms with E-state index in [1.807, 2.05) is 0 Å². The Hall–Kier alpha value is -0.770. The average Bonchev–Trinajstić information content (AvgIpc) is 3.06. The van der Waals surface area contributed by atoms with Crippen LogP contribution in [-0.4, -0.2) is 17.6 Å². The maximum atomic E-state index is 11.2. The number of rotatable bonds is 5. The number of carboxylic acid groups (broad SMARTS) is 1. The van der Waals surface area contributed by atoms with E-state index in [4.69, 9.17) is 23.2 Å². The second kappa shape index (κ2) is 5.25. The van der Waals surface area contributed by atoms with Gasteiger partial charge in [0.2, 0.25) is 0 Å². The molecule has 0 radical (unpaired) electrons. The molecule has 5 heteroatoms. The molecule has 0 heterocycles. The van der Waals surface area contributed by atoms with Gasteiger partial charge in [-0.25, -0.2) is 0 Å². The zero-order valence-electron chi connectivity index (χ0n) is 9.12. The summed E-state index contributed by atoms with van der Waals surface area (Å²) in [5, 5.41) is 13.1. The van der Waals surface area contributed by atoms with Crippen LogP contribution in [0.5, 0.6) is 0 Å². The maximum absolute atomic E-state index is 11.2. The Labute approximate surface area is 110 Å². The van der Waals surface area contributed by atoms with Gasteiger partial charge in [-0.2, -0.15) is 0 Å². The SMILES string of the molecule is O=C(O)C(NCC1CC1)c1cc(Cl)ccc1Cl. The lowest BCUT2D eigenvalue weighted by Crippen LogP contribution is -2.30. The normalized spacial score (nSPS) is 16.8. The molecule has 1 aliphatic rings. The van der Waals surface area contributed by atoms with Crippen molar-refractivity contribution in [2.24, 2.45) is 5.92 Å². The van der Waals surface area contributed by atoms with Crippen molar-refractivity contribution in [2.75, 3.05) is 6.54 Å². The van der Waals surface area contributed by atoms with Crippen molar-refractivity contribution in [3.8, 4) is 0 Å². The molecular weight excluding hydrogens is 261 g/mol. The first-order valence-electron chi connectivity index (χ1n) is 5.49. The second-order valence-corrected chi connectivity index (χ2v) is 5.13. The van der Waals surface area contributed by atoms with E-state index in [0.717, 1.165) is 0 Å². The number of halogens is 2. The summed E-state index contributed by atoms with van der Waals surface area (Å²) >= 11 is 11.9. The zero-order valence-corrected chi connectivity index (χ0v) is 10.6. The van der Waals surface area contributed by atoms with Crippen LogP contribution < -0.4 is 5.32 Å². The third-order valence-electron chi connectivity index (χ3n) is 2.82. The Bertz CT molecular complexity index is 433. The van der Waals surface area contributed by atoms with E-state index in [9.17, 15) is 9.90 Å². The third-order valence-corrected chi connectivity index (χ3v) is 3.40. The van der Waals surface area contributed by atoms with Gasteiger partial charge < -0.3 is 10.4 Å². The maximum Gasteiger partial charge on any atom is 0.325 e. The highest BCUT2D eigenvalue weighted by molar-refractivity contribution is 6.33. The minimum absolute atomic E-state index is 0.421. The standard InChI is InChI=1S/C12H13Cl2NO2/c13-8-3-4-10(14)9(5-8)11(12(16)17)15-6-7-1-2-7/h3-5,7,11,15H,1-2,6H2,(H,16,17). The second-order valence-electron chi connectivity index (χ2n) is 4.29. The van der Waals surface area contributed by atoms with Crippen LogP contribution in [0.2, 0.25) is 10.0 Å². The van der Waals surface area contributed by atoms with Gasteiger partial charge in [0.25, 0.3) is 0 Å². The molecule has 1 saturated carbocycles. The van der Waals surface area contributed by atoms with Gasteiger partial charge in [0.15, 0.2) is 0 Å². The van der Waals surface area contributed by atoms with E-state index < -0.39 is 12.0 Å². The molecule has 2 rings (SSSR count). The summed E-state index contributed by atoms with van der Waals surface area (Å²) in [7, 11) is 0. The van der Waals surface area contributed by atoms with Crippen molar-refractivity contribution < 1.29 is 9.90 Å². The summed E-state index contributed by atoms with van der Waals surface area (Å²) in [6.07, 6.45) is 2.34. The van der Waals surface area contributed by atoms with Gasteiger partial charge >= 0.3 is 5.97 Å². The molecule has 1 aromatic carbocycles. The van der Waals surface area contributed by atoms with Crippen LogP contribution in [0.15, 0.2) is 18.2 Å². The first-order valence-corrected chi connectivity index (χ1v) is 6.24. The predicted molar refractivity (Wildman–Crippen MR) is 67.6 cm³/mol. The van der Waals surface area contributed by atoms with Gasteiger partial charge in [-0.15, -0.1) is 0 Å². The van der Waals surface area contributed by atoms with Crippen molar-refractivity contribution in [2.45, 2.75) is 18.9 Å². The van der Waals surface area contributed by atoms with Gasteiger partial charge in [0.1, 0.15) is 6.04 Å². The number of carbonyl (C=O) groups is 1. The molecule has 2 N–H and O–H groups in total. The molecule has 1 atom stereocenters. The smallest absolute Gasteiger partial charge is 0.325 e. The quantitative estimate of drug-likeness (QED) is 0.867. The Morgan fingerprint density at radius 1 is 1.47 bits per heavy atom.